The van der Waals surface area contributed by atoms with Gasteiger partial charge in [0.25, 0.3) is 11.5 Å². The summed E-state index contributed by atoms with van der Waals surface area (Å²) < 4.78 is 7.24. The van der Waals surface area contributed by atoms with Crippen LogP contribution in [0, 0.1) is 6.92 Å². The highest BCUT2D eigenvalue weighted by Crippen LogP contribution is 2.34. The Bertz CT molecular complexity index is 1430. The summed E-state index contributed by atoms with van der Waals surface area (Å²) in [6.45, 7) is 4.21. The van der Waals surface area contributed by atoms with Gasteiger partial charge in [-0.1, -0.05) is 25.0 Å². The molecule has 1 saturated carbocycles. The van der Waals surface area contributed by atoms with Crippen molar-refractivity contribution in [2.75, 3.05) is 26.2 Å². The highest BCUT2D eigenvalue weighted by atomic mass is 16.3. The third-order valence-electron chi connectivity index (χ3n) is 7.46. The van der Waals surface area contributed by atoms with Crippen LogP contribution in [-0.2, 0) is 0 Å². The van der Waals surface area contributed by atoms with E-state index in [-0.39, 0.29) is 17.5 Å². The lowest BCUT2D eigenvalue weighted by Crippen LogP contribution is -2.50. The van der Waals surface area contributed by atoms with Crippen molar-refractivity contribution in [2.45, 2.75) is 44.7 Å². The fourth-order valence-electron chi connectivity index (χ4n) is 5.56. The molecule has 4 aromatic rings. The minimum absolute atomic E-state index is 0.120. The van der Waals surface area contributed by atoms with Gasteiger partial charge < -0.3 is 14.3 Å². The van der Waals surface area contributed by atoms with Gasteiger partial charge in [-0.15, -0.1) is 5.10 Å². The number of aromatic amines is 1. The first kappa shape index (κ1) is 22.7. The summed E-state index contributed by atoms with van der Waals surface area (Å²) >= 11 is 0. The number of carbonyl (C=O) groups is 1. The maximum Gasteiger partial charge on any atom is 0.289 e. The van der Waals surface area contributed by atoms with Gasteiger partial charge in [0.15, 0.2) is 11.6 Å². The lowest BCUT2D eigenvalue weighted by Gasteiger charge is -2.38. The van der Waals surface area contributed by atoms with Crippen LogP contribution >= 0.6 is 0 Å². The van der Waals surface area contributed by atoms with E-state index in [4.69, 9.17) is 4.42 Å². The molecule has 1 saturated heterocycles. The number of H-pyrrole nitrogens is 1. The Kier molecular flexibility index (Phi) is 5.88. The Morgan fingerprint density at radius 1 is 1.11 bits per heavy atom. The lowest BCUT2D eigenvalue weighted by molar-refractivity contribution is 0.0557. The standard InChI is InChI=1S/C26H29N7O3/c1-17-8-9-18-16-20(25(34)27-21(18)15-17)23(24-28-29-30-33(24)19-5-2-3-6-19)31-10-12-32(13-11-31)26(35)22-7-4-14-36-22/h4,7-9,14-16,19,23H,2-3,5-6,10-13H2,1H3,(H,27,34). The van der Waals surface area contributed by atoms with Crippen molar-refractivity contribution < 1.29 is 9.21 Å². The van der Waals surface area contributed by atoms with Crippen LogP contribution in [0.15, 0.2) is 51.9 Å². The number of piperazine rings is 1. The van der Waals surface area contributed by atoms with Crippen molar-refractivity contribution in [1.82, 2.24) is 35.0 Å². The number of fused-ring (bicyclic) bond motifs is 1. The van der Waals surface area contributed by atoms with Gasteiger partial charge in [-0.2, -0.15) is 0 Å². The number of nitrogens with one attached hydrogen (secondary N) is 1. The second-order valence-electron chi connectivity index (χ2n) is 9.77. The number of hydrogen-bond acceptors (Lipinski definition) is 7. The van der Waals surface area contributed by atoms with E-state index in [1.165, 1.54) is 6.26 Å². The van der Waals surface area contributed by atoms with Crippen LogP contribution < -0.4 is 5.56 Å². The van der Waals surface area contributed by atoms with E-state index in [1.807, 2.05) is 35.9 Å². The summed E-state index contributed by atoms with van der Waals surface area (Å²) in [5, 5.41) is 13.8. The van der Waals surface area contributed by atoms with Gasteiger partial charge in [0.1, 0.15) is 6.04 Å². The third kappa shape index (κ3) is 4.11. The minimum Gasteiger partial charge on any atom is -0.459 e. The van der Waals surface area contributed by atoms with Gasteiger partial charge in [-0.25, -0.2) is 4.68 Å². The van der Waals surface area contributed by atoms with Crippen molar-refractivity contribution in [3.63, 3.8) is 0 Å². The van der Waals surface area contributed by atoms with Gasteiger partial charge in [0.05, 0.1) is 12.3 Å². The van der Waals surface area contributed by atoms with E-state index in [9.17, 15) is 9.59 Å². The summed E-state index contributed by atoms with van der Waals surface area (Å²) in [6.07, 6.45) is 5.87. The molecule has 0 spiro atoms. The van der Waals surface area contributed by atoms with Crippen LogP contribution in [0.4, 0.5) is 0 Å². The summed E-state index contributed by atoms with van der Waals surface area (Å²) in [6, 6.07) is 11.2. The molecular formula is C26H29N7O3. The number of pyridine rings is 1. The number of rotatable bonds is 5. The Morgan fingerprint density at radius 2 is 1.92 bits per heavy atom. The van der Waals surface area contributed by atoms with E-state index in [0.717, 1.165) is 42.1 Å². The number of benzene rings is 1. The zero-order chi connectivity index (χ0) is 24.6. The molecule has 1 unspecified atom stereocenters. The van der Waals surface area contributed by atoms with E-state index in [1.54, 1.807) is 17.0 Å². The van der Waals surface area contributed by atoms with Crippen molar-refractivity contribution in [3.05, 3.63) is 75.7 Å². The van der Waals surface area contributed by atoms with Crippen LogP contribution in [-0.4, -0.2) is 67.1 Å². The normalized spacial score (nSPS) is 18.2. The van der Waals surface area contributed by atoms with Crippen LogP contribution in [0.5, 0.6) is 0 Å². The molecule has 186 valence electrons. The summed E-state index contributed by atoms with van der Waals surface area (Å²) in [4.78, 5) is 33.3. The van der Waals surface area contributed by atoms with Gasteiger partial charge in [-0.3, -0.25) is 14.5 Å². The van der Waals surface area contributed by atoms with Crippen LogP contribution in [0.2, 0.25) is 0 Å². The monoisotopic (exact) mass is 487 g/mol. The molecule has 6 rings (SSSR count). The predicted octanol–water partition coefficient (Wildman–Crippen LogP) is 3.08. The molecule has 1 aliphatic heterocycles. The molecule has 10 nitrogen and oxygen atoms in total. The van der Waals surface area contributed by atoms with Crippen LogP contribution in [0.1, 0.15) is 65.3 Å². The molecule has 1 amide bonds. The first-order chi connectivity index (χ1) is 17.6. The largest absolute Gasteiger partial charge is 0.459 e. The molecule has 2 aliphatic rings. The number of hydrogen-bond donors (Lipinski definition) is 1. The maximum absolute atomic E-state index is 13.4. The zero-order valence-corrected chi connectivity index (χ0v) is 20.3. The molecule has 1 aromatic carbocycles. The highest BCUT2D eigenvalue weighted by Gasteiger charge is 2.35. The molecule has 1 N–H and O–H groups in total. The van der Waals surface area contributed by atoms with E-state index in [2.05, 4.69) is 25.4 Å². The molecule has 36 heavy (non-hydrogen) atoms. The average Bonchev–Trinajstić information content (AvgIpc) is 3.67. The van der Waals surface area contributed by atoms with E-state index >= 15 is 0 Å². The maximum atomic E-state index is 13.4. The number of aromatic nitrogens is 5. The number of furan rings is 1. The number of tetrazole rings is 1. The van der Waals surface area contributed by atoms with Crippen molar-refractivity contribution in [1.29, 1.82) is 0 Å². The first-order valence-corrected chi connectivity index (χ1v) is 12.6. The number of nitrogens with zero attached hydrogens (tertiary/aromatic N) is 6. The van der Waals surface area contributed by atoms with E-state index < -0.39 is 6.04 Å². The Hall–Kier alpha value is -3.79. The van der Waals surface area contributed by atoms with Crippen molar-refractivity contribution >= 4 is 16.8 Å². The highest BCUT2D eigenvalue weighted by molar-refractivity contribution is 5.91. The summed E-state index contributed by atoms with van der Waals surface area (Å²) in [7, 11) is 0. The second kappa shape index (κ2) is 9.34. The van der Waals surface area contributed by atoms with Gasteiger partial charge in [0, 0.05) is 37.3 Å². The van der Waals surface area contributed by atoms with Gasteiger partial charge >= 0.3 is 0 Å². The first-order valence-electron chi connectivity index (χ1n) is 12.6. The zero-order valence-electron chi connectivity index (χ0n) is 20.3. The Labute approximate surface area is 207 Å². The molecular weight excluding hydrogens is 458 g/mol. The molecule has 3 aromatic heterocycles. The molecule has 10 heteroatoms. The molecule has 0 radical (unpaired) electrons. The molecule has 4 heterocycles. The third-order valence-corrected chi connectivity index (χ3v) is 7.46. The fourth-order valence-corrected chi connectivity index (χ4v) is 5.56. The minimum atomic E-state index is -0.420. The summed E-state index contributed by atoms with van der Waals surface area (Å²) in [5.74, 6) is 0.905. The van der Waals surface area contributed by atoms with Gasteiger partial charge in [-0.05, 0) is 65.4 Å². The van der Waals surface area contributed by atoms with Crippen molar-refractivity contribution in [2.24, 2.45) is 0 Å². The molecule has 0 bridgehead atoms. The van der Waals surface area contributed by atoms with Crippen LogP contribution in [0.25, 0.3) is 10.9 Å². The molecule has 1 aliphatic carbocycles. The van der Waals surface area contributed by atoms with Crippen LogP contribution in [0.3, 0.4) is 0 Å². The number of carbonyl (C=O) groups excluding carboxylic acids is 1. The second-order valence-corrected chi connectivity index (χ2v) is 9.77. The smallest absolute Gasteiger partial charge is 0.289 e. The Balaban J connectivity index is 1.37. The number of amides is 1. The fraction of sp³-hybridized carbons (Fsp3) is 0.423. The van der Waals surface area contributed by atoms with E-state index in [0.29, 0.717) is 43.3 Å². The number of aryl methyl sites for hydroxylation is 1. The topological polar surface area (TPSA) is 113 Å². The SMILES string of the molecule is Cc1ccc2cc(C(c3nnnn3C3CCCC3)N3CCN(C(=O)c4ccco4)CC3)c(=O)[nH]c2c1. The van der Waals surface area contributed by atoms with Crippen molar-refractivity contribution in [3.8, 4) is 0 Å². The van der Waals surface area contributed by atoms with Gasteiger partial charge in [0.2, 0.25) is 0 Å². The molecule has 2 fully saturated rings. The quantitative estimate of drug-likeness (QED) is 0.460. The summed E-state index contributed by atoms with van der Waals surface area (Å²) in [5.41, 5.74) is 2.37. The predicted molar refractivity (Wildman–Crippen MR) is 133 cm³/mol. The average molecular weight is 488 g/mol. The Morgan fingerprint density at radius 3 is 2.67 bits per heavy atom. The molecule has 1 atom stereocenters. The lowest BCUT2D eigenvalue weighted by atomic mass is 10.0.